The van der Waals surface area contributed by atoms with Gasteiger partial charge in [-0.1, -0.05) is 0 Å². The lowest BCUT2D eigenvalue weighted by Gasteiger charge is -2.16. The van der Waals surface area contributed by atoms with E-state index in [1.165, 1.54) is 6.92 Å². The van der Waals surface area contributed by atoms with Crippen LogP contribution in [-0.4, -0.2) is 42.1 Å². The Morgan fingerprint density at radius 1 is 1.17 bits per heavy atom. The molecule has 0 aromatic carbocycles. The Balaban J connectivity index is 2.71. The van der Waals surface area contributed by atoms with Gasteiger partial charge in [0.05, 0.1) is 6.61 Å². The number of hydrogen-bond acceptors (Lipinski definition) is 6. The topological polar surface area (TPSA) is 78.9 Å². The number of Topliss-reactive ketones (excluding diaryl/α,β-unsaturated/α-hetero) is 2. The summed E-state index contributed by atoms with van der Waals surface area (Å²) in [6.07, 6.45) is -2.41. The number of ketones is 2. The van der Waals surface area contributed by atoms with Gasteiger partial charge in [0.2, 0.25) is 0 Å². The van der Waals surface area contributed by atoms with Crippen molar-refractivity contribution in [3.05, 3.63) is 0 Å². The number of esters is 1. The van der Waals surface area contributed by atoms with Gasteiger partial charge in [-0.05, 0) is 27.7 Å². The van der Waals surface area contributed by atoms with Crippen molar-refractivity contribution in [3.8, 4) is 0 Å². The van der Waals surface area contributed by atoms with Crippen LogP contribution in [0.2, 0.25) is 0 Å². The fraction of sp³-hybridized carbons (Fsp3) is 0.750. The number of carbonyl (C=O) groups is 3. The highest BCUT2D eigenvalue weighted by Gasteiger charge is 2.47. The Kier molecular flexibility index (Phi) is 4.59. The second kappa shape index (κ2) is 5.58. The van der Waals surface area contributed by atoms with Gasteiger partial charge in [-0.2, -0.15) is 0 Å². The molecule has 0 aromatic rings. The summed E-state index contributed by atoms with van der Waals surface area (Å²) in [5.74, 6) is -2.44. The summed E-state index contributed by atoms with van der Waals surface area (Å²) < 4.78 is 15.4. The van der Waals surface area contributed by atoms with Crippen LogP contribution in [0.15, 0.2) is 0 Å². The molecular weight excluding hydrogens is 240 g/mol. The summed E-state index contributed by atoms with van der Waals surface area (Å²) in [7, 11) is 0. The lowest BCUT2D eigenvalue weighted by Crippen LogP contribution is -2.37. The summed E-state index contributed by atoms with van der Waals surface area (Å²) in [5, 5.41) is 0. The molecule has 0 amide bonds. The second-order valence-electron chi connectivity index (χ2n) is 4.54. The molecule has 0 N–H and O–H groups in total. The molecule has 0 aromatic heterocycles. The molecular formula is C12H18O6. The maximum absolute atomic E-state index is 11.9. The molecule has 0 radical (unpaired) electrons. The van der Waals surface area contributed by atoms with E-state index in [4.69, 9.17) is 9.47 Å². The van der Waals surface area contributed by atoms with Gasteiger partial charge in [-0.25, -0.2) is 0 Å². The van der Waals surface area contributed by atoms with Crippen LogP contribution in [0.5, 0.6) is 0 Å². The van der Waals surface area contributed by atoms with Crippen molar-refractivity contribution in [2.75, 3.05) is 6.61 Å². The fourth-order valence-corrected chi connectivity index (χ4v) is 1.75. The van der Waals surface area contributed by atoms with E-state index in [0.29, 0.717) is 0 Å². The zero-order valence-corrected chi connectivity index (χ0v) is 11.0. The van der Waals surface area contributed by atoms with E-state index in [1.807, 2.05) is 0 Å². The van der Waals surface area contributed by atoms with E-state index < -0.39 is 36.2 Å². The van der Waals surface area contributed by atoms with Crippen LogP contribution >= 0.6 is 0 Å². The molecule has 6 heteroatoms. The first-order valence-electron chi connectivity index (χ1n) is 5.81. The third-order valence-corrected chi connectivity index (χ3v) is 2.44. The first-order valence-corrected chi connectivity index (χ1v) is 5.81. The van der Waals surface area contributed by atoms with E-state index in [1.54, 1.807) is 20.8 Å². The van der Waals surface area contributed by atoms with E-state index in [-0.39, 0.29) is 12.4 Å². The standard InChI is InChI=1S/C12H18O6/c1-5-16-9(15)6-8(14)11-10(7(2)13)17-12(3,4)18-11/h10-11H,5-6H2,1-4H3/t10-,11-/m0/s1. The van der Waals surface area contributed by atoms with Crippen LogP contribution in [0, 0.1) is 0 Å². The van der Waals surface area contributed by atoms with E-state index >= 15 is 0 Å². The molecule has 18 heavy (non-hydrogen) atoms. The maximum Gasteiger partial charge on any atom is 0.313 e. The largest absolute Gasteiger partial charge is 0.466 e. The zero-order chi connectivity index (χ0) is 13.9. The Hall–Kier alpha value is -1.27. The minimum atomic E-state index is -1.04. The molecule has 1 fully saturated rings. The molecule has 0 spiro atoms. The normalized spacial score (nSPS) is 25.8. The fourth-order valence-electron chi connectivity index (χ4n) is 1.75. The molecule has 102 valence electrons. The molecule has 0 unspecified atom stereocenters. The van der Waals surface area contributed by atoms with Crippen molar-refractivity contribution in [2.45, 2.75) is 52.1 Å². The van der Waals surface area contributed by atoms with Gasteiger partial charge in [-0.3, -0.25) is 14.4 Å². The third-order valence-electron chi connectivity index (χ3n) is 2.44. The molecule has 0 bridgehead atoms. The van der Waals surface area contributed by atoms with Crippen molar-refractivity contribution in [2.24, 2.45) is 0 Å². The Morgan fingerprint density at radius 3 is 2.22 bits per heavy atom. The van der Waals surface area contributed by atoms with Crippen molar-refractivity contribution >= 4 is 17.5 Å². The molecule has 0 saturated carbocycles. The average molecular weight is 258 g/mol. The van der Waals surface area contributed by atoms with Gasteiger partial charge in [-0.15, -0.1) is 0 Å². The lowest BCUT2D eigenvalue weighted by molar-refractivity contribution is -0.159. The average Bonchev–Trinajstić information content (AvgIpc) is 2.55. The third kappa shape index (κ3) is 3.61. The number of carbonyl (C=O) groups excluding carboxylic acids is 3. The predicted molar refractivity (Wildman–Crippen MR) is 60.8 cm³/mol. The van der Waals surface area contributed by atoms with Crippen LogP contribution in [0.25, 0.3) is 0 Å². The highest BCUT2D eigenvalue weighted by Crippen LogP contribution is 2.29. The van der Waals surface area contributed by atoms with Crippen LogP contribution < -0.4 is 0 Å². The SMILES string of the molecule is CCOC(=O)CC(=O)[C@@H]1OC(C)(C)O[C@H]1C(C)=O. The van der Waals surface area contributed by atoms with Gasteiger partial charge >= 0.3 is 5.97 Å². The molecule has 1 heterocycles. The van der Waals surface area contributed by atoms with Crippen LogP contribution in [0.3, 0.4) is 0 Å². The van der Waals surface area contributed by atoms with Gasteiger partial charge in [0.15, 0.2) is 29.6 Å². The van der Waals surface area contributed by atoms with E-state index in [2.05, 4.69) is 4.74 Å². The summed E-state index contributed by atoms with van der Waals surface area (Å²) >= 11 is 0. The van der Waals surface area contributed by atoms with E-state index in [0.717, 1.165) is 0 Å². The molecule has 1 aliphatic rings. The summed E-state index contributed by atoms with van der Waals surface area (Å²) in [5.41, 5.74) is 0. The second-order valence-corrected chi connectivity index (χ2v) is 4.54. The van der Waals surface area contributed by atoms with Crippen molar-refractivity contribution in [3.63, 3.8) is 0 Å². The van der Waals surface area contributed by atoms with Crippen molar-refractivity contribution in [1.29, 1.82) is 0 Å². The monoisotopic (exact) mass is 258 g/mol. The van der Waals surface area contributed by atoms with Gasteiger partial charge < -0.3 is 14.2 Å². The number of ether oxygens (including phenoxy) is 3. The minimum absolute atomic E-state index is 0.204. The maximum atomic E-state index is 11.9. The Bertz CT molecular complexity index is 360. The molecule has 0 aliphatic carbocycles. The van der Waals surface area contributed by atoms with Crippen LogP contribution in [0.4, 0.5) is 0 Å². The van der Waals surface area contributed by atoms with Crippen LogP contribution in [0.1, 0.15) is 34.1 Å². The zero-order valence-electron chi connectivity index (χ0n) is 11.0. The molecule has 6 nitrogen and oxygen atoms in total. The molecule has 1 rings (SSSR count). The molecule has 1 aliphatic heterocycles. The predicted octanol–water partition coefficient (Wildman–Crippen LogP) is 0.618. The number of rotatable bonds is 5. The minimum Gasteiger partial charge on any atom is -0.466 e. The Morgan fingerprint density at radius 2 is 1.72 bits per heavy atom. The molecule has 1 saturated heterocycles. The van der Waals surface area contributed by atoms with Crippen LogP contribution in [-0.2, 0) is 28.6 Å². The quantitative estimate of drug-likeness (QED) is 0.531. The first-order chi connectivity index (χ1) is 8.26. The summed E-state index contributed by atoms with van der Waals surface area (Å²) in [6.45, 7) is 6.40. The summed E-state index contributed by atoms with van der Waals surface area (Å²) in [6, 6.07) is 0. The molecule has 2 atom stereocenters. The lowest BCUT2D eigenvalue weighted by atomic mass is 10.0. The smallest absolute Gasteiger partial charge is 0.313 e. The van der Waals surface area contributed by atoms with Crippen molar-refractivity contribution < 1.29 is 28.6 Å². The highest BCUT2D eigenvalue weighted by molar-refractivity contribution is 6.01. The van der Waals surface area contributed by atoms with Crippen molar-refractivity contribution in [1.82, 2.24) is 0 Å². The number of hydrogen-bond donors (Lipinski definition) is 0. The van der Waals surface area contributed by atoms with Gasteiger partial charge in [0.25, 0.3) is 0 Å². The first kappa shape index (κ1) is 14.8. The Labute approximate surface area is 106 Å². The van der Waals surface area contributed by atoms with Gasteiger partial charge in [0.1, 0.15) is 6.42 Å². The highest BCUT2D eigenvalue weighted by atomic mass is 16.8. The summed E-state index contributed by atoms with van der Waals surface area (Å²) in [4.78, 5) is 34.5. The van der Waals surface area contributed by atoms with E-state index in [9.17, 15) is 14.4 Å². The van der Waals surface area contributed by atoms with Gasteiger partial charge in [0, 0.05) is 0 Å².